The van der Waals surface area contributed by atoms with Crippen molar-refractivity contribution in [3.05, 3.63) is 80.9 Å². The van der Waals surface area contributed by atoms with Gasteiger partial charge in [-0.05, 0) is 64.8 Å². The molecule has 0 saturated heterocycles. The van der Waals surface area contributed by atoms with Crippen LogP contribution in [0.25, 0.3) is 0 Å². The number of pyridine rings is 2. The molecule has 0 aliphatic heterocycles. The van der Waals surface area contributed by atoms with Crippen molar-refractivity contribution in [3.8, 4) is 0 Å². The van der Waals surface area contributed by atoms with Crippen molar-refractivity contribution < 1.29 is 19.3 Å². The Hall–Kier alpha value is -4.50. The Bertz CT molecular complexity index is 1530. The second kappa shape index (κ2) is 13.9. The van der Waals surface area contributed by atoms with E-state index >= 15 is 0 Å². The number of hydrogen-bond donors (Lipinski definition) is 4. The maximum atomic E-state index is 12.4. The molecule has 224 valence electrons. The fourth-order valence-electron chi connectivity index (χ4n) is 4.23. The van der Waals surface area contributed by atoms with Crippen LogP contribution in [0.3, 0.4) is 0 Å². The number of nitrogens with two attached hydrogens (primary N) is 2. The highest BCUT2D eigenvalue weighted by atomic mass is 16.6. The topological polar surface area (TPSA) is 190 Å². The lowest BCUT2D eigenvalue weighted by atomic mass is 10.1. The minimum absolute atomic E-state index is 0.127. The Morgan fingerprint density at radius 1 is 0.738 bits per heavy atom. The molecule has 6 N–H and O–H groups in total. The zero-order valence-corrected chi connectivity index (χ0v) is 25.2. The van der Waals surface area contributed by atoms with Crippen molar-refractivity contribution in [3.63, 3.8) is 0 Å². The highest BCUT2D eigenvalue weighted by Gasteiger charge is 2.19. The summed E-state index contributed by atoms with van der Waals surface area (Å²) in [7, 11) is 3.57. The molecule has 4 aromatic heterocycles. The number of amides is 2. The SMILES string of the molecule is Cc1cnc(C)c(C(=O)Nc2c(C)nn(C)c2CON)c1.Cc1cnc(C)c(C(=O)Nc2c(CON)nn(C)c2C)c1. The molecule has 2 amide bonds. The first-order valence-electron chi connectivity index (χ1n) is 13.0. The molecule has 0 fully saturated rings. The third kappa shape index (κ3) is 7.41. The number of aryl methyl sites for hydroxylation is 7. The summed E-state index contributed by atoms with van der Waals surface area (Å²) in [6.45, 7) is 11.4. The van der Waals surface area contributed by atoms with Crippen molar-refractivity contribution in [1.82, 2.24) is 29.5 Å². The third-order valence-electron chi connectivity index (χ3n) is 6.60. The van der Waals surface area contributed by atoms with Gasteiger partial charge in [0.2, 0.25) is 0 Å². The lowest BCUT2D eigenvalue weighted by Crippen LogP contribution is -2.16. The molecule has 0 saturated carbocycles. The Morgan fingerprint density at radius 3 is 1.74 bits per heavy atom. The summed E-state index contributed by atoms with van der Waals surface area (Å²) >= 11 is 0. The van der Waals surface area contributed by atoms with Gasteiger partial charge >= 0.3 is 0 Å². The van der Waals surface area contributed by atoms with E-state index in [-0.39, 0.29) is 25.0 Å². The Labute approximate surface area is 244 Å². The fraction of sp³-hybridized carbons (Fsp3) is 0.357. The maximum absolute atomic E-state index is 12.4. The van der Waals surface area contributed by atoms with E-state index in [1.807, 2.05) is 39.8 Å². The highest BCUT2D eigenvalue weighted by Crippen LogP contribution is 2.23. The third-order valence-corrected chi connectivity index (χ3v) is 6.60. The van der Waals surface area contributed by atoms with E-state index < -0.39 is 0 Å². The van der Waals surface area contributed by atoms with Crippen LogP contribution in [0.1, 0.15) is 66.0 Å². The summed E-state index contributed by atoms with van der Waals surface area (Å²) in [4.78, 5) is 42.6. The van der Waals surface area contributed by atoms with E-state index in [2.05, 4.69) is 40.5 Å². The summed E-state index contributed by atoms with van der Waals surface area (Å²) in [5.41, 5.74) is 8.36. The molecule has 0 unspecified atom stereocenters. The van der Waals surface area contributed by atoms with Gasteiger partial charge in [-0.1, -0.05) is 0 Å². The van der Waals surface area contributed by atoms with Crippen LogP contribution in [0.5, 0.6) is 0 Å². The number of carbonyl (C=O) groups is 2. The number of aromatic nitrogens is 6. The average Bonchev–Trinajstić information content (AvgIpc) is 3.35. The first-order valence-corrected chi connectivity index (χ1v) is 13.0. The van der Waals surface area contributed by atoms with Gasteiger partial charge in [0.05, 0.1) is 39.6 Å². The molecular weight excluding hydrogens is 540 g/mol. The monoisotopic (exact) mass is 578 g/mol. The van der Waals surface area contributed by atoms with Gasteiger partial charge in [0.1, 0.15) is 18.9 Å². The Kier molecular flexibility index (Phi) is 10.6. The molecule has 0 bridgehead atoms. The molecular formula is C28H38N10O4. The maximum Gasteiger partial charge on any atom is 0.257 e. The summed E-state index contributed by atoms with van der Waals surface area (Å²) in [6, 6.07) is 3.62. The molecule has 4 aromatic rings. The standard InChI is InChI=1S/2C14H19N5O2/c1-8-5-11(9(2)16-6-8)14(20)17-13-10(3)19(4)18-12(13)7-21-15;1-8-5-11(9(2)16-6-8)14(20)17-13-10(3)18-19(4)12(13)7-21-15/h2*5-6H,7,15H2,1-4H3,(H,17,20). The molecule has 0 atom stereocenters. The van der Waals surface area contributed by atoms with E-state index in [1.54, 1.807) is 49.7 Å². The normalized spacial score (nSPS) is 10.7. The first-order chi connectivity index (χ1) is 19.9. The fourth-order valence-corrected chi connectivity index (χ4v) is 4.23. The quantitative estimate of drug-likeness (QED) is 0.226. The number of nitrogens with zero attached hydrogens (tertiary/aromatic N) is 6. The molecule has 0 radical (unpaired) electrons. The average molecular weight is 579 g/mol. The minimum Gasteiger partial charge on any atom is -0.319 e. The molecule has 0 aliphatic rings. The van der Waals surface area contributed by atoms with E-state index in [0.717, 1.165) is 16.8 Å². The Morgan fingerprint density at radius 2 is 1.24 bits per heavy atom. The Balaban J connectivity index is 0.000000230. The van der Waals surface area contributed by atoms with Crippen molar-refractivity contribution in [2.24, 2.45) is 25.9 Å². The number of rotatable bonds is 8. The molecule has 4 rings (SSSR count). The second-order valence-corrected chi connectivity index (χ2v) is 9.88. The minimum atomic E-state index is -0.224. The van der Waals surface area contributed by atoms with E-state index in [1.165, 1.54) is 0 Å². The van der Waals surface area contributed by atoms with Gasteiger partial charge in [-0.3, -0.25) is 38.6 Å². The van der Waals surface area contributed by atoms with Crippen molar-refractivity contribution in [2.45, 2.75) is 54.8 Å². The predicted octanol–water partition coefficient (Wildman–Crippen LogP) is 2.77. The largest absolute Gasteiger partial charge is 0.319 e. The summed E-state index contributed by atoms with van der Waals surface area (Å²) < 4.78 is 3.31. The first kappa shape index (κ1) is 32.0. The predicted molar refractivity (Wildman–Crippen MR) is 157 cm³/mol. The van der Waals surface area contributed by atoms with Crippen LogP contribution in [0, 0.1) is 41.5 Å². The zero-order chi connectivity index (χ0) is 31.1. The lowest BCUT2D eigenvalue weighted by Gasteiger charge is -2.09. The van der Waals surface area contributed by atoms with Crippen LogP contribution in [-0.2, 0) is 37.0 Å². The van der Waals surface area contributed by atoms with Crippen LogP contribution in [0.2, 0.25) is 0 Å². The van der Waals surface area contributed by atoms with Gasteiger partial charge in [0, 0.05) is 37.9 Å². The van der Waals surface area contributed by atoms with Crippen LogP contribution < -0.4 is 22.4 Å². The van der Waals surface area contributed by atoms with Crippen LogP contribution in [-0.4, -0.2) is 41.3 Å². The smallest absolute Gasteiger partial charge is 0.257 e. The lowest BCUT2D eigenvalue weighted by molar-refractivity contribution is 0.101. The highest BCUT2D eigenvalue weighted by molar-refractivity contribution is 6.06. The van der Waals surface area contributed by atoms with Crippen molar-refractivity contribution in [2.75, 3.05) is 10.6 Å². The van der Waals surface area contributed by atoms with Crippen LogP contribution >= 0.6 is 0 Å². The van der Waals surface area contributed by atoms with E-state index in [4.69, 9.17) is 11.8 Å². The van der Waals surface area contributed by atoms with Gasteiger partial charge in [-0.25, -0.2) is 11.8 Å². The summed E-state index contributed by atoms with van der Waals surface area (Å²) in [5, 5.41) is 14.3. The number of anilines is 2. The molecule has 42 heavy (non-hydrogen) atoms. The molecule has 0 aliphatic carbocycles. The number of carbonyl (C=O) groups excluding carboxylic acids is 2. The van der Waals surface area contributed by atoms with Gasteiger partial charge in [-0.2, -0.15) is 10.2 Å². The summed E-state index contributed by atoms with van der Waals surface area (Å²) in [6.07, 6.45) is 3.46. The van der Waals surface area contributed by atoms with Gasteiger partial charge in [0.15, 0.2) is 0 Å². The van der Waals surface area contributed by atoms with Gasteiger partial charge in [0.25, 0.3) is 11.8 Å². The molecule has 0 spiro atoms. The van der Waals surface area contributed by atoms with Crippen molar-refractivity contribution in [1.29, 1.82) is 0 Å². The van der Waals surface area contributed by atoms with Crippen LogP contribution in [0.15, 0.2) is 24.5 Å². The second-order valence-electron chi connectivity index (χ2n) is 9.88. The van der Waals surface area contributed by atoms with Crippen molar-refractivity contribution >= 4 is 23.2 Å². The van der Waals surface area contributed by atoms with Gasteiger partial charge in [-0.15, -0.1) is 0 Å². The van der Waals surface area contributed by atoms with Crippen LogP contribution in [0.4, 0.5) is 11.4 Å². The number of nitrogens with one attached hydrogen (secondary N) is 2. The number of hydrogen-bond acceptors (Lipinski definition) is 10. The molecule has 4 heterocycles. The molecule has 14 heteroatoms. The molecule has 14 nitrogen and oxygen atoms in total. The van der Waals surface area contributed by atoms with Gasteiger partial charge < -0.3 is 10.6 Å². The summed E-state index contributed by atoms with van der Waals surface area (Å²) in [5.74, 6) is 9.78. The van der Waals surface area contributed by atoms with E-state index in [0.29, 0.717) is 51.0 Å². The van der Waals surface area contributed by atoms with E-state index in [9.17, 15) is 9.59 Å². The molecule has 0 aromatic carbocycles. The zero-order valence-electron chi connectivity index (χ0n) is 25.2.